The predicted octanol–water partition coefficient (Wildman–Crippen LogP) is 3.21. The number of imide groups is 1. The van der Waals surface area contributed by atoms with Crippen molar-refractivity contribution in [1.82, 2.24) is 4.90 Å². The van der Waals surface area contributed by atoms with Gasteiger partial charge in [-0.1, -0.05) is 45.0 Å². The molecule has 2 aromatic rings. The van der Waals surface area contributed by atoms with Gasteiger partial charge in [0.2, 0.25) is 24.5 Å². The maximum absolute atomic E-state index is 13.6. The largest absolute Gasteiger partial charge is 0.454 e. The molecule has 0 saturated carbocycles. The molecule has 7 heteroatoms. The second-order valence-corrected chi connectivity index (χ2v) is 9.55. The van der Waals surface area contributed by atoms with Gasteiger partial charge in [0.25, 0.3) is 0 Å². The monoisotopic (exact) mass is 418 g/mol. The van der Waals surface area contributed by atoms with E-state index >= 15 is 0 Å². The van der Waals surface area contributed by atoms with E-state index in [4.69, 9.17) is 9.47 Å². The molecule has 6 rings (SSSR count). The summed E-state index contributed by atoms with van der Waals surface area (Å²) in [6, 6.07) is 11.7. The third kappa shape index (κ3) is 2.21. The summed E-state index contributed by atoms with van der Waals surface area (Å²) in [6.07, 6.45) is 0. The average Bonchev–Trinajstić information content (AvgIpc) is 3.47. The van der Waals surface area contributed by atoms with Crippen LogP contribution in [0.5, 0.6) is 11.5 Å². The maximum atomic E-state index is 13.6. The first-order valence-corrected chi connectivity index (χ1v) is 10.5. The minimum absolute atomic E-state index is 0.0763. The first-order valence-electron chi connectivity index (χ1n) is 10.5. The van der Waals surface area contributed by atoms with Gasteiger partial charge in [0.05, 0.1) is 29.6 Å². The van der Waals surface area contributed by atoms with Crippen LogP contribution in [0.4, 0.5) is 5.69 Å². The van der Waals surface area contributed by atoms with E-state index in [9.17, 15) is 14.4 Å². The van der Waals surface area contributed by atoms with Crippen molar-refractivity contribution in [2.45, 2.75) is 32.9 Å². The van der Waals surface area contributed by atoms with Gasteiger partial charge in [0.1, 0.15) is 0 Å². The summed E-state index contributed by atoms with van der Waals surface area (Å²) >= 11 is 0. The second-order valence-electron chi connectivity index (χ2n) is 9.55. The van der Waals surface area contributed by atoms with E-state index in [1.54, 1.807) is 29.2 Å². The van der Waals surface area contributed by atoms with Crippen molar-refractivity contribution in [3.05, 3.63) is 53.6 Å². The molecular weight excluding hydrogens is 396 g/mol. The molecule has 31 heavy (non-hydrogen) atoms. The van der Waals surface area contributed by atoms with Gasteiger partial charge in [0.15, 0.2) is 11.5 Å². The first kappa shape index (κ1) is 18.4. The van der Waals surface area contributed by atoms with E-state index in [2.05, 4.69) is 0 Å². The number of para-hydroxylation sites is 1. The van der Waals surface area contributed by atoms with Gasteiger partial charge in [-0.3, -0.25) is 14.4 Å². The molecule has 4 aliphatic heterocycles. The molecule has 7 nitrogen and oxygen atoms in total. The summed E-state index contributed by atoms with van der Waals surface area (Å²) in [6.45, 7) is 5.68. The smallest absolute Gasteiger partial charge is 0.240 e. The number of anilines is 1. The number of ether oxygens (including phenoxy) is 2. The fourth-order valence-electron chi connectivity index (χ4n) is 5.60. The lowest BCUT2D eigenvalue weighted by atomic mass is 9.77. The number of hydrogen-bond donors (Lipinski definition) is 0. The quantitative estimate of drug-likeness (QED) is 0.665. The Morgan fingerprint density at radius 3 is 2.29 bits per heavy atom. The molecule has 4 atom stereocenters. The van der Waals surface area contributed by atoms with E-state index in [0.717, 1.165) is 11.1 Å². The van der Waals surface area contributed by atoms with Crippen LogP contribution in [0.25, 0.3) is 0 Å². The molecule has 3 amide bonds. The van der Waals surface area contributed by atoms with Crippen LogP contribution in [0.1, 0.15) is 44.0 Å². The van der Waals surface area contributed by atoms with Crippen LogP contribution in [-0.4, -0.2) is 29.4 Å². The summed E-state index contributed by atoms with van der Waals surface area (Å²) in [4.78, 5) is 43.7. The van der Waals surface area contributed by atoms with Crippen LogP contribution in [0.15, 0.2) is 42.5 Å². The minimum Gasteiger partial charge on any atom is -0.454 e. The first-order chi connectivity index (χ1) is 14.8. The zero-order valence-electron chi connectivity index (χ0n) is 17.5. The summed E-state index contributed by atoms with van der Waals surface area (Å²) in [5.74, 6) is -0.612. The van der Waals surface area contributed by atoms with E-state index in [1.807, 2.05) is 39.0 Å². The van der Waals surface area contributed by atoms with Crippen LogP contribution in [-0.2, 0) is 14.4 Å². The van der Waals surface area contributed by atoms with Gasteiger partial charge >= 0.3 is 0 Å². The van der Waals surface area contributed by atoms with Crippen LogP contribution in [0, 0.1) is 17.3 Å². The number of amides is 3. The Kier molecular flexibility index (Phi) is 3.49. The average molecular weight is 418 g/mol. The Balaban J connectivity index is 1.53. The van der Waals surface area contributed by atoms with E-state index in [0.29, 0.717) is 17.2 Å². The summed E-state index contributed by atoms with van der Waals surface area (Å²) in [7, 11) is 0. The number of rotatable bonds is 1. The molecule has 2 fully saturated rings. The molecule has 2 saturated heterocycles. The fraction of sp³-hybridized carbons (Fsp3) is 0.375. The van der Waals surface area contributed by atoms with Crippen LogP contribution in [0.2, 0.25) is 0 Å². The van der Waals surface area contributed by atoms with Crippen molar-refractivity contribution in [1.29, 1.82) is 0 Å². The van der Waals surface area contributed by atoms with Crippen LogP contribution in [0.3, 0.4) is 0 Å². The summed E-state index contributed by atoms with van der Waals surface area (Å²) in [5.41, 5.74) is 1.61. The second kappa shape index (κ2) is 5.87. The third-order valence-electron chi connectivity index (χ3n) is 6.79. The van der Waals surface area contributed by atoms with Gasteiger partial charge in [-0.25, -0.2) is 4.90 Å². The Hall–Kier alpha value is -3.35. The lowest BCUT2D eigenvalue weighted by Crippen LogP contribution is -2.42. The van der Waals surface area contributed by atoms with Gasteiger partial charge in [0, 0.05) is 11.0 Å². The van der Waals surface area contributed by atoms with Gasteiger partial charge in [-0.15, -0.1) is 0 Å². The number of carbonyl (C=O) groups is 3. The zero-order chi connectivity index (χ0) is 21.7. The van der Waals surface area contributed by atoms with Crippen molar-refractivity contribution >= 4 is 23.4 Å². The van der Waals surface area contributed by atoms with E-state index < -0.39 is 29.3 Å². The number of nitrogens with zero attached hydrogens (tertiary/aromatic N) is 2. The Morgan fingerprint density at radius 2 is 1.61 bits per heavy atom. The highest BCUT2D eigenvalue weighted by Gasteiger charge is 2.69. The van der Waals surface area contributed by atoms with Gasteiger partial charge in [-0.2, -0.15) is 0 Å². The normalized spacial score (nSPS) is 27.7. The predicted molar refractivity (Wildman–Crippen MR) is 110 cm³/mol. The molecule has 0 aliphatic carbocycles. The van der Waals surface area contributed by atoms with Crippen LogP contribution >= 0.6 is 0 Å². The maximum Gasteiger partial charge on any atom is 0.240 e. The SMILES string of the molecule is CC(C)(C)C(=O)N1[C@H]2c3ccc4c(c3[C@H]1[C@@H]1C(=O)N(c3ccccc3)C(=O)[C@H]12)OCO4. The van der Waals surface area contributed by atoms with Crippen molar-refractivity contribution in [2.75, 3.05) is 11.7 Å². The molecule has 0 spiro atoms. The summed E-state index contributed by atoms with van der Waals surface area (Å²) < 4.78 is 11.3. The topological polar surface area (TPSA) is 76.2 Å². The molecule has 4 aliphatic rings. The molecule has 0 N–H and O–H groups in total. The number of hydrogen-bond acceptors (Lipinski definition) is 5. The van der Waals surface area contributed by atoms with Crippen molar-refractivity contribution in [3.63, 3.8) is 0 Å². The molecule has 4 heterocycles. The Morgan fingerprint density at radius 1 is 0.935 bits per heavy atom. The highest BCUT2D eigenvalue weighted by molar-refractivity contribution is 6.23. The summed E-state index contributed by atoms with van der Waals surface area (Å²) in [5, 5.41) is 0. The highest BCUT2D eigenvalue weighted by Crippen LogP contribution is 2.66. The van der Waals surface area contributed by atoms with Gasteiger partial charge in [-0.05, 0) is 23.8 Å². The number of fused-ring (bicyclic) bond motifs is 10. The van der Waals surface area contributed by atoms with Crippen molar-refractivity contribution in [2.24, 2.45) is 17.3 Å². The minimum atomic E-state index is -0.650. The highest BCUT2D eigenvalue weighted by atomic mass is 16.7. The van der Waals surface area contributed by atoms with Crippen molar-refractivity contribution < 1.29 is 23.9 Å². The number of benzene rings is 2. The lowest BCUT2D eigenvalue weighted by Gasteiger charge is -2.32. The standard InChI is InChI=1S/C24H22N2O5/c1-24(2,3)23(29)26-18-13-9-10-14-20(31-11-30-14)15(13)19(26)17-16(18)21(27)25(22(17)28)12-7-5-4-6-8-12/h4-10,16-19H,11H2,1-3H3/t16-,17-,18+,19+/m1/s1. The fourth-order valence-corrected chi connectivity index (χ4v) is 5.60. The zero-order valence-corrected chi connectivity index (χ0v) is 17.5. The lowest BCUT2D eigenvalue weighted by molar-refractivity contribution is -0.143. The molecule has 0 aromatic heterocycles. The van der Waals surface area contributed by atoms with Crippen LogP contribution < -0.4 is 14.4 Å². The van der Waals surface area contributed by atoms with Crippen molar-refractivity contribution in [3.8, 4) is 11.5 Å². The molecule has 2 aromatic carbocycles. The Bertz CT molecular complexity index is 1150. The molecular formula is C24H22N2O5. The van der Waals surface area contributed by atoms with E-state index in [-0.39, 0.29) is 24.5 Å². The molecule has 0 unspecified atom stereocenters. The van der Waals surface area contributed by atoms with Gasteiger partial charge < -0.3 is 14.4 Å². The molecule has 158 valence electrons. The Labute approximate surface area is 179 Å². The molecule has 0 radical (unpaired) electrons. The third-order valence-corrected chi connectivity index (χ3v) is 6.79. The number of carbonyl (C=O) groups excluding carboxylic acids is 3. The molecule has 2 bridgehead atoms. The van der Waals surface area contributed by atoms with E-state index in [1.165, 1.54) is 4.90 Å².